The zero-order chi connectivity index (χ0) is 22.5. The lowest BCUT2D eigenvalue weighted by Gasteiger charge is -2.17. The van der Waals surface area contributed by atoms with Gasteiger partial charge in [-0.3, -0.25) is 0 Å². The summed E-state index contributed by atoms with van der Waals surface area (Å²) in [6.45, 7) is 4.27. The number of anilines is 1. The van der Waals surface area contributed by atoms with Gasteiger partial charge in [0.15, 0.2) is 6.20 Å². The first-order valence-corrected chi connectivity index (χ1v) is 11.6. The number of aromatic nitrogens is 1. The predicted molar refractivity (Wildman–Crippen MR) is 132 cm³/mol. The normalized spacial score (nSPS) is 14.0. The van der Waals surface area contributed by atoms with Gasteiger partial charge in [-0.05, 0) is 61.2 Å². The largest absolute Gasteiger partial charge is 0.454 e. The summed E-state index contributed by atoms with van der Waals surface area (Å²) in [5.41, 5.74) is 7.19. The predicted octanol–water partition coefficient (Wildman–Crippen LogP) is 6.79. The summed E-state index contributed by atoms with van der Waals surface area (Å²) in [6.07, 6.45) is 4.49. The quantitative estimate of drug-likeness (QED) is 0.290. The van der Waals surface area contributed by atoms with E-state index in [2.05, 4.69) is 46.7 Å². The van der Waals surface area contributed by atoms with E-state index >= 15 is 4.39 Å². The molecule has 0 spiro atoms. The Morgan fingerprint density at radius 3 is 2.24 bits per heavy atom. The van der Waals surface area contributed by atoms with E-state index in [1.54, 1.807) is 6.07 Å². The van der Waals surface area contributed by atoms with Crippen LogP contribution >= 0.6 is 0 Å². The molecule has 4 heteroatoms. The maximum Gasteiger partial charge on any atom is 0.216 e. The Labute approximate surface area is 192 Å². The molecule has 5 aromatic rings. The van der Waals surface area contributed by atoms with Gasteiger partial charge in [-0.25, -0.2) is 8.96 Å². The van der Waals surface area contributed by atoms with Crippen LogP contribution in [0.2, 0.25) is 0 Å². The maximum atomic E-state index is 15.2. The molecular formula is C29H26FN2O+. The molecule has 3 aromatic carbocycles. The Morgan fingerprint density at radius 1 is 0.818 bits per heavy atom. The highest BCUT2D eigenvalue weighted by Crippen LogP contribution is 2.41. The first-order valence-electron chi connectivity index (χ1n) is 11.6. The third kappa shape index (κ3) is 3.20. The molecule has 1 fully saturated rings. The van der Waals surface area contributed by atoms with E-state index < -0.39 is 0 Å². The number of aryl methyl sites for hydroxylation is 2. The van der Waals surface area contributed by atoms with Crippen molar-refractivity contribution in [3.63, 3.8) is 0 Å². The summed E-state index contributed by atoms with van der Waals surface area (Å²) in [7, 11) is 2.03. The molecule has 1 aliphatic rings. The van der Waals surface area contributed by atoms with Gasteiger partial charge in [-0.2, -0.15) is 0 Å². The fourth-order valence-corrected chi connectivity index (χ4v) is 5.16. The Kier molecular flexibility index (Phi) is 4.68. The zero-order valence-corrected chi connectivity index (χ0v) is 18.9. The van der Waals surface area contributed by atoms with Crippen molar-refractivity contribution in [2.24, 2.45) is 7.05 Å². The lowest BCUT2D eigenvalue weighted by Crippen LogP contribution is -2.30. The van der Waals surface area contributed by atoms with Crippen LogP contribution in [0.1, 0.15) is 18.4 Å². The number of nitrogens with zero attached hydrogens (tertiary/aromatic N) is 2. The van der Waals surface area contributed by atoms with E-state index in [0.717, 1.165) is 51.8 Å². The summed E-state index contributed by atoms with van der Waals surface area (Å²) in [5.74, 6) is -0.265. The highest BCUT2D eigenvalue weighted by molar-refractivity contribution is 6.13. The molecule has 0 amide bonds. The van der Waals surface area contributed by atoms with Gasteiger partial charge in [0.1, 0.15) is 24.0 Å². The fraction of sp³-hybridized carbons (Fsp3) is 0.207. The van der Waals surface area contributed by atoms with Gasteiger partial charge in [0, 0.05) is 41.7 Å². The second-order valence-corrected chi connectivity index (χ2v) is 8.97. The molecule has 1 aliphatic heterocycles. The van der Waals surface area contributed by atoms with Crippen LogP contribution < -0.4 is 9.47 Å². The van der Waals surface area contributed by atoms with Crippen LogP contribution in [0.5, 0.6) is 0 Å². The Morgan fingerprint density at radius 2 is 1.52 bits per heavy atom. The van der Waals surface area contributed by atoms with Crippen LogP contribution in [0.15, 0.2) is 77.3 Å². The van der Waals surface area contributed by atoms with Gasteiger partial charge in [-0.1, -0.05) is 24.3 Å². The van der Waals surface area contributed by atoms with Crippen LogP contribution in [0.3, 0.4) is 0 Å². The van der Waals surface area contributed by atoms with Crippen molar-refractivity contribution >= 4 is 27.6 Å². The minimum absolute atomic E-state index is 0.265. The lowest BCUT2D eigenvalue weighted by molar-refractivity contribution is -0.660. The zero-order valence-electron chi connectivity index (χ0n) is 18.9. The highest BCUT2D eigenvalue weighted by Gasteiger charge is 2.23. The van der Waals surface area contributed by atoms with Crippen molar-refractivity contribution in [2.75, 3.05) is 18.0 Å². The molecule has 0 radical (unpaired) electrons. The smallest absolute Gasteiger partial charge is 0.216 e. The molecule has 33 heavy (non-hydrogen) atoms. The number of halogens is 1. The molecule has 6 rings (SSSR count). The van der Waals surface area contributed by atoms with Crippen molar-refractivity contribution in [3.05, 3.63) is 84.3 Å². The SMILES string of the molecule is Cc1ccc2c(oc3c(-c4ccc(N5CCCC5)cc4)c(F)ccc32)c1-c1cccc[n+]1C. The van der Waals surface area contributed by atoms with E-state index in [-0.39, 0.29) is 5.82 Å². The first-order chi connectivity index (χ1) is 16.1. The van der Waals surface area contributed by atoms with Crippen molar-refractivity contribution in [1.82, 2.24) is 0 Å². The summed E-state index contributed by atoms with van der Waals surface area (Å²) >= 11 is 0. The van der Waals surface area contributed by atoms with Crippen LogP contribution in [-0.4, -0.2) is 13.1 Å². The van der Waals surface area contributed by atoms with Crippen molar-refractivity contribution in [1.29, 1.82) is 0 Å². The van der Waals surface area contributed by atoms with Gasteiger partial charge in [0.05, 0.1) is 11.1 Å². The summed E-state index contributed by atoms with van der Waals surface area (Å²) in [4.78, 5) is 2.39. The van der Waals surface area contributed by atoms with Crippen molar-refractivity contribution in [3.8, 4) is 22.4 Å². The molecule has 2 aromatic heterocycles. The molecule has 0 aliphatic carbocycles. The van der Waals surface area contributed by atoms with Crippen molar-refractivity contribution < 1.29 is 13.4 Å². The molecule has 164 valence electrons. The van der Waals surface area contributed by atoms with Gasteiger partial charge < -0.3 is 9.32 Å². The van der Waals surface area contributed by atoms with E-state index in [1.165, 1.54) is 18.5 Å². The summed E-state index contributed by atoms with van der Waals surface area (Å²) in [6, 6.07) is 22.0. The molecule has 1 saturated heterocycles. The maximum absolute atomic E-state index is 15.2. The molecule has 0 N–H and O–H groups in total. The highest BCUT2D eigenvalue weighted by atomic mass is 19.1. The molecule has 0 atom stereocenters. The van der Waals surface area contributed by atoms with Gasteiger partial charge >= 0.3 is 0 Å². The minimum atomic E-state index is -0.265. The molecule has 0 unspecified atom stereocenters. The average molecular weight is 438 g/mol. The number of fused-ring (bicyclic) bond motifs is 3. The Balaban J connectivity index is 1.57. The molecule has 0 saturated carbocycles. The second-order valence-electron chi connectivity index (χ2n) is 8.97. The fourth-order valence-electron chi connectivity index (χ4n) is 5.16. The number of rotatable bonds is 3. The van der Waals surface area contributed by atoms with E-state index in [0.29, 0.717) is 11.1 Å². The second kappa shape index (κ2) is 7.73. The van der Waals surface area contributed by atoms with Crippen LogP contribution in [0.25, 0.3) is 44.3 Å². The van der Waals surface area contributed by atoms with Crippen molar-refractivity contribution in [2.45, 2.75) is 19.8 Å². The average Bonchev–Trinajstić information content (AvgIpc) is 3.48. The number of benzene rings is 3. The van der Waals surface area contributed by atoms with Crippen LogP contribution in [-0.2, 0) is 7.05 Å². The number of hydrogen-bond acceptors (Lipinski definition) is 2. The van der Waals surface area contributed by atoms with Crippen LogP contribution in [0.4, 0.5) is 10.1 Å². The molecule has 3 nitrogen and oxygen atoms in total. The topological polar surface area (TPSA) is 20.3 Å². The Bertz CT molecular complexity index is 1490. The Hall–Kier alpha value is -3.66. The number of hydrogen-bond donors (Lipinski definition) is 0. The first kappa shape index (κ1) is 20.0. The van der Waals surface area contributed by atoms with E-state index in [4.69, 9.17) is 4.42 Å². The molecule has 0 bridgehead atoms. The van der Waals surface area contributed by atoms with E-state index in [9.17, 15) is 0 Å². The third-order valence-corrected chi connectivity index (χ3v) is 6.91. The van der Waals surface area contributed by atoms with Gasteiger partial charge in [0.2, 0.25) is 5.69 Å². The lowest BCUT2D eigenvalue weighted by atomic mass is 9.98. The third-order valence-electron chi connectivity index (χ3n) is 6.91. The number of furan rings is 1. The van der Waals surface area contributed by atoms with Gasteiger partial charge in [0.25, 0.3) is 0 Å². The molecular weight excluding hydrogens is 411 g/mol. The summed E-state index contributed by atoms with van der Waals surface area (Å²) < 4.78 is 23.8. The number of pyridine rings is 1. The van der Waals surface area contributed by atoms with Gasteiger partial charge in [-0.15, -0.1) is 0 Å². The molecule has 3 heterocycles. The van der Waals surface area contributed by atoms with Crippen LogP contribution in [0, 0.1) is 12.7 Å². The monoisotopic (exact) mass is 437 g/mol. The van der Waals surface area contributed by atoms with E-state index in [1.807, 2.05) is 43.6 Å². The standard InChI is InChI=1S/C29H26FN2O/c1-19-8-13-22-23-14-15-24(30)27(20-9-11-21(12-10-20)32-17-5-6-18-32)29(23)33-28(22)26(19)25-7-3-4-16-31(25)2/h3-4,7-16H,5-6,17-18H2,1-2H3/q+1. The minimum Gasteiger partial charge on any atom is -0.454 e. The summed E-state index contributed by atoms with van der Waals surface area (Å²) in [5, 5.41) is 1.94.